The lowest BCUT2D eigenvalue weighted by molar-refractivity contribution is 0.616. The fraction of sp³-hybridized carbons (Fsp3) is 0.583. The number of likely N-dealkylation sites (N-methyl/N-ethyl adjacent to an activating group) is 1. The molecule has 4 heteroatoms. The molecule has 0 aromatic carbocycles. The van der Waals surface area contributed by atoms with E-state index >= 15 is 0 Å². The van der Waals surface area contributed by atoms with Gasteiger partial charge in [-0.2, -0.15) is 11.8 Å². The summed E-state index contributed by atoms with van der Waals surface area (Å²) in [5.41, 5.74) is 7.87. The summed E-state index contributed by atoms with van der Waals surface area (Å²) in [6, 6.07) is 2.32. The Labute approximate surface area is 102 Å². The summed E-state index contributed by atoms with van der Waals surface area (Å²) < 4.78 is 0. The molecule has 16 heavy (non-hydrogen) atoms. The maximum atomic E-state index is 5.90. The maximum Gasteiger partial charge on any atom is 0.0378 e. The molecule has 0 aliphatic carbocycles. The Morgan fingerprint density at radius 1 is 1.50 bits per heavy atom. The molecular formula is C12H21N3S. The highest BCUT2D eigenvalue weighted by atomic mass is 32.2. The molecule has 3 N–H and O–H groups in total. The first-order chi connectivity index (χ1) is 7.63. The first kappa shape index (κ1) is 13.3. The Balaban J connectivity index is 2.53. The van der Waals surface area contributed by atoms with Crippen LogP contribution in [0.15, 0.2) is 18.5 Å². The van der Waals surface area contributed by atoms with Gasteiger partial charge in [0.05, 0.1) is 0 Å². The van der Waals surface area contributed by atoms with Crippen LogP contribution in [0.1, 0.15) is 19.4 Å². The first-order valence-corrected chi connectivity index (χ1v) is 6.65. The second kappa shape index (κ2) is 6.76. The summed E-state index contributed by atoms with van der Waals surface area (Å²) in [6.07, 6.45) is 4.53. The molecule has 1 unspecified atom stereocenters. The van der Waals surface area contributed by atoms with E-state index in [9.17, 15) is 0 Å². The molecule has 0 saturated heterocycles. The standard InChI is InChI=1S/C12H21N3S/c1-9(2)16-8-11(14-3)6-10-7-15-5-4-12(10)13/h4-5,7,9,11,14H,6,8H2,1-3H3,(H2,13,15). The summed E-state index contributed by atoms with van der Waals surface area (Å²) in [7, 11) is 2.00. The van der Waals surface area contributed by atoms with Crippen LogP contribution in [0, 0.1) is 0 Å². The molecule has 0 amide bonds. The van der Waals surface area contributed by atoms with Crippen molar-refractivity contribution >= 4 is 17.4 Å². The van der Waals surface area contributed by atoms with E-state index in [0.717, 1.165) is 23.4 Å². The van der Waals surface area contributed by atoms with Gasteiger partial charge in [0.15, 0.2) is 0 Å². The lowest BCUT2D eigenvalue weighted by Crippen LogP contribution is -2.30. The van der Waals surface area contributed by atoms with Gasteiger partial charge in [0.1, 0.15) is 0 Å². The molecule has 0 bridgehead atoms. The van der Waals surface area contributed by atoms with Crippen molar-refractivity contribution in [3.05, 3.63) is 24.0 Å². The van der Waals surface area contributed by atoms with Crippen molar-refractivity contribution in [3.8, 4) is 0 Å². The second-order valence-electron chi connectivity index (χ2n) is 4.15. The fourth-order valence-electron chi connectivity index (χ4n) is 1.43. The molecular weight excluding hydrogens is 218 g/mol. The molecule has 0 fully saturated rings. The van der Waals surface area contributed by atoms with Crippen molar-refractivity contribution in [2.75, 3.05) is 18.5 Å². The Morgan fingerprint density at radius 2 is 2.25 bits per heavy atom. The fourth-order valence-corrected chi connectivity index (χ4v) is 2.33. The van der Waals surface area contributed by atoms with Gasteiger partial charge in [-0.3, -0.25) is 4.98 Å². The quantitative estimate of drug-likeness (QED) is 0.796. The molecule has 0 saturated carbocycles. The summed E-state index contributed by atoms with van der Waals surface area (Å²) >= 11 is 1.97. The van der Waals surface area contributed by atoms with Gasteiger partial charge in [-0.1, -0.05) is 13.8 Å². The van der Waals surface area contributed by atoms with Crippen LogP contribution in [0.3, 0.4) is 0 Å². The van der Waals surface area contributed by atoms with E-state index in [1.165, 1.54) is 0 Å². The topological polar surface area (TPSA) is 50.9 Å². The van der Waals surface area contributed by atoms with Gasteiger partial charge in [0, 0.05) is 29.9 Å². The van der Waals surface area contributed by atoms with Crippen LogP contribution in [-0.2, 0) is 6.42 Å². The number of nitrogen functional groups attached to an aromatic ring is 1. The van der Waals surface area contributed by atoms with Crippen molar-refractivity contribution in [1.82, 2.24) is 10.3 Å². The van der Waals surface area contributed by atoms with Crippen molar-refractivity contribution in [2.45, 2.75) is 31.6 Å². The van der Waals surface area contributed by atoms with Crippen molar-refractivity contribution in [2.24, 2.45) is 0 Å². The van der Waals surface area contributed by atoms with Crippen LogP contribution in [-0.4, -0.2) is 29.1 Å². The zero-order chi connectivity index (χ0) is 12.0. The summed E-state index contributed by atoms with van der Waals surface area (Å²) in [5, 5.41) is 4.00. The van der Waals surface area contributed by atoms with Crippen LogP contribution < -0.4 is 11.1 Å². The highest BCUT2D eigenvalue weighted by molar-refractivity contribution is 7.99. The van der Waals surface area contributed by atoms with Crippen LogP contribution in [0.25, 0.3) is 0 Å². The van der Waals surface area contributed by atoms with Crippen LogP contribution in [0.5, 0.6) is 0 Å². The number of nitrogens with zero attached hydrogens (tertiary/aromatic N) is 1. The minimum atomic E-state index is 0.457. The largest absolute Gasteiger partial charge is 0.398 e. The molecule has 1 aromatic heterocycles. The molecule has 3 nitrogen and oxygen atoms in total. The van der Waals surface area contributed by atoms with Gasteiger partial charge in [-0.25, -0.2) is 0 Å². The van der Waals surface area contributed by atoms with Crippen LogP contribution >= 0.6 is 11.8 Å². The average Bonchev–Trinajstić information content (AvgIpc) is 2.26. The van der Waals surface area contributed by atoms with Crippen molar-refractivity contribution in [1.29, 1.82) is 0 Å². The normalized spacial score (nSPS) is 13.0. The van der Waals surface area contributed by atoms with Gasteiger partial charge in [-0.15, -0.1) is 0 Å². The molecule has 0 aliphatic rings. The third-order valence-electron chi connectivity index (χ3n) is 2.45. The lowest BCUT2D eigenvalue weighted by atomic mass is 10.1. The number of thioether (sulfide) groups is 1. The van der Waals surface area contributed by atoms with Gasteiger partial charge in [-0.05, 0) is 30.3 Å². The molecule has 0 aliphatic heterocycles. The van der Waals surface area contributed by atoms with Gasteiger partial charge in [0.25, 0.3) is 0 Å². The smallest absolute Gasteiger partial charge is 0.0378 e. The van der Waals surface area contributed by atoms with Crippen LogP contribution in [0.2, 0.25) is 0 Å². The highest BCUT2D eigenvalue weighted by Crippen LogP contribution is 2.16. The summed E-state index contributed by atoms with van der Waals surface area (Å²) in [6.45, 7) is 4.44. The first-order valence-electron chi connectivity index (χ1n) is 5.60. The zero-order valence-corrected chi connectivity index (χ0v) is 11.1. The van der Waals surface area contributed by atoms with Crippen molar-refractivity contribution in [3.63, 3.8) is 0 Å². The van der Waals surface area contributed by atoms with Gasteiger partial charge in [0.2, 0.25) is 0 Å². The Hall–Kier alpha value is -0.740. The van der Waals surface area contributed by atoms with Gasteiger partial charge < -0.3 is 11.1 Å². The van der Waals surface area contributed by atoms with Crippen molar-refractivity contribution < 1.29 is 0 Å². The Bertz CT molecular complexity index is 315. The van der Waals surface area contributed by atoms with E-state index in [4.69, 9.17) is 5.73 Å². The predicted octanol–water partition coefficient (Wildman–Crippen LogP) is 1.94. The van der Waals surface area contributed by atoms with Gasteiger partial charge >= 0.3 is 0 Å². The number of nitrogens with one attached hydrogen (secondary N) is 1. The zero-order valence-electron chi connectivity index (χ0n) is 10.2. The van der Waals surface area contributed by atoms with E-state index in [2.05, 4.69) is 24.1 Å². The monoisotopic (exact) mass is 239 g/mol. The average molecular weight is 239 g/mol. The Kier molecular flexibility index (Phi) is 5.63. The number of hydrogen-bond acceptors (Lipinski definition) is 4. The molecule has 0 spiro atoms. The SMILES string of the molecule is CNC(CSC(C)C)Cc1cnccc1N. The molecule has 1 aromatic rings. The molecule has 90 valence electrons. The summed E-state index contributed by atoms with van der Waals surface area (Å²) in [4.78, 5) is 4.11. The second-order valence-corrected chi connectivity index (χ2v) is 5.76. The highest BCUT2D eigenvalue weighted by Gasteiger charge is 2.10. The molecule has 1 atom stereocenters. The molecule has 1 rings (SSSR count). The van der Waals surface area contributed by atoms with E-state index in [-0.39, 0.29) is 0 Å². The number of aromatic nitrogens is 1. The van der Waals surface area contributed by atoms with Crippen LogP contribution in [0.4, 0.5) is 5.69 Å². The number of hydrogen-bond donors (Lipinski definition) is 2. The van der Waals surface area contributed by atoms with E-state index < -0.39 is 0 Å². The third-order valence-corrected chi connectivity index (χ3v) is 3.71. The van der Waals surface area contributed by atoms with E-state index in [1.807, 2.05) is 31.1 Å². The number of anilines is 1. The Morgan fingerprint density at radius 3 is 2.81 bits per heavy atom. The number of nitrogens with two attached hydrogens (primary N) is 1. The molecule has 0 radical (unpaired) electrons. The summed E-state index contributed by atoms with van der Waals surface area (Å²) in [5.74, 6) is 1.10. The minimum absolute atomic E-state index is 0.457. The number of pyridine rings is 1. The predicted molar refractivity (Wildman–Crippen MR) is 72.8 cm³/mol. The third kappa shape index (κ3) is 4.41. The minimum Gasteiger partial charge on any atom is -0.398 e. The van der Waals surface area contributed by atoms with E-state index in [1.54, 1.807) is 6.20 Å². The van der Waals surface area contributed by atoms with E-state index in [0.29, 0.717) is 11.3 Å². The number of rotatable bonds is 6. The maximum absolute atomic E-state index is 5.90. The molecule has 1 heterocycles. The lowest BCUT2D eigenvalue weighted by Gasteiger charge is -2.17.